The second-order valence-electron chi connectivity index (χ2n) is 7.36. The molecule has 186 valence electrons. The molecule has 2 aromatic heterocycles. The lowest BCUT2D eigenvalue weighted by Gasteiger charge is -2.17. The normalized spacial score (nSPS) is 22.4. The van der Waals surface area contributed by atoms with E-state index in [9.17, 15) is 15.3 Å². The number of halogens is 1. The van der Waals surface area contributed by atoms with Crippen LogP contribution in [0.5, 0.6) is 0 Å². The van der Waals surface area contributed by atoms with Crippen LogP contribution in [0.2, 0.25) is 0 Å². The van der Waals surface area contributed by atoms with Gasteiger partial charge >= 0.3 is 0 Å². The van der Waals surface area contributed by atoms with Crippen molar-refractivity contribution in [3.05, 3.63) is 48.0 Å². The number of aryl methyl sites for hydroxylation is 1. The monoisotopic (exact) mass is 501 g/mol. The van der Waals surface area contributed by atoms with E-state index in [-0.39, 0.29) is 0 Å². The zero-order valence-corrected chi connectivity index (χ0v) is 18.9. The summed E-state index contributed by atoms with van der Waals surface area (Å²) < 4.78 is 42.6. The molecule has 1 aliphatic rings. The lowest BCUT2D eigenvalue weighted by molar-refractivity contribution is -2.00. The van der Waals surface area contributed by atoms with Gasteiger partial charge in [-0.1, -0.05) is 39.5 Å². The number of fused-ring (bicyclic) bond motifs is 1. The number of nitrogens with one attached hydrogen (secondary N) is 1. The maximum Gasteiger partial charge on any atom is 0.291 e. The molecule has 0 spiro atoms. The summed E-state index contributed by atoms with van der Waals surface area (Å²) in [4.78, 5) is 14.6. The first-order valence-corrected chi connectivity index (χ1v) is 11.1. The molecule has 4 rings (SSSR count). The van der Waals surface area contributed by atoms with Gasteiger partial charge in [-0.3, -0.25) is 4.57 Å². The molecule has 14 nitrogen and oxygen atoms in total. The largest absolute Gasteiger partial charge is 0.394 e. The predicted octanol–water partition coefficient (Wildman–Crippen LogP) is -5.45. The van der Waals surface area contributed by atoms with Gasteiger partial charge in [0.2, 0.25) is 11.2 Å². The Labute approximate surface area is 195 Å². The van der Waals surface area contributed by atoms with Crippen molar-refractivity contribution in [3.8, 4) is 0 Å². The van der Waals surface area contributed by atoms with E-state index in [4.69, 9.17) is 28.2 Å². The van der Waals surface area contributed by atoms with E-state index >= 15 is 0 Å². The summed E-state index contributed by atoms with van der Waals surface area (Å²) >= 11 is 0. The Morgan fingerprint density at radius 3 is 2.50 bits per heavy atom. The Hall–Kier alpha value is -2.66. The maximum atomic E-state index is 10.3. The van der Waals surface area contributed by atoms with E-state index < -0.39 is 41.4 Å². The van der Waals surface area contributed by atoms with Gasteiger partial charge in [0.05, 0.1) is 13.7 Å². The number of hydrogen-bond donors (Lipinski definition) is 4. The van der Waals surface area contributed by atoms with Crippen molar-refractivity contribution in [2.24, 2.45) is 0 Å². The number of rotatable bonds is 6. The van der Waals surface area contributed by atoms with E-state index in [1.165, 1.54) is 22.0 Å². The molecule has 3 aromatic rings. The Balaban J connectivity index is 0.000000588. The van der Waals surface area contributed by atoms with Crippen molar-refractivity contribution in [2.75, 3.05) is 19.0 Å². The molecule has 0 amide bonds. The second-order valence-corrected chi connectivity index (χ2v) is 8.12. The number of hydrogen-bond acceptors (Lipinski definition) is 12. The summed E-state index contributed by atoms with van der Waals surface area (Å²) in [5.41, 5.74) is 3.13. The number of aliphatic hydroxyl groups excluding tert-OH is 3. The number of ether oxygens (including phenoxy) is 1. The number of aromatic nitrogens is 4. The number of aliphatic hydroxyl groups is 3. The van der Waals surface area contributed by atoms with Crippen LogP contribution < -0.4 is 33.5 Å². The molecule has 3 heterocycles. The van der Waals surface area contributed by atoms with Gasteiger partial charge in [0.25, 0.3) is 12.1 Å². The van der Waals surface area contributed by atoms with Gasteiger partial charge in [0, 0.05) is 0 Å². The second kappa shape index (κ2) is 10.7. The zero-order chi connectivity index (χ0) is 25.0. The number of anilines is 1. The zero-order valence-electron chi connectivity index (χ0n) is 18.1. The third-order valence-electron chi connectivity index (χ3n) is 4.98. The molecule has 0 saturated carbocycles. The minimum atomic E-state index is -4.94. The molecule has 0 bridgehead atoms. The first-order valence-electron chi connectivity index (χ1n) is 9.91. The van der Waals surface area contributed by atoms with Crippen LogP contribution in [-0.2, 0) is 11.3 Å². The smallest absolute Gasteiger partial charge is 0.291 e. The van der Waals surface area contributed by atoms with Crippen molar-refractivity contribution in [2.45, 2.75) is 38.1 Å². The Bertz CT molecular complexity index is 1100. The Morgan fingerprint density at radius 2 is 1.91 bits per heavy atom. The minimum Gasteiger partial charge on any atom is -0.394 e. The van der Waals surface area contributed by atoms with Crippen molar-refractivity contribution >= 4 is 17.0 Å². The highest BCUT2D eigenvalue weighted by atomic mass is 35.7. The molecular weight excluding hydrogens is 478 g/mol. The average molecular weight is 502 g/mol. The molecule has 0 aliphatic carbocycles. The van der Waals surface area contributed by atoms with Gasteiger partial charge < -0.3 is 30.2 Å². The summed E-state index contributed by atoms with van der Waals surface area (Å²) in [6.45, 7) is 1.97. The average Bonchev–Trinajstić information content (AvgIpc) is 3.31. The van der Waals surface area contributed by atoms with E-state index in [1.807, 2.05) is 31.2 Å². The lowest BCUT2D eigenvalue weighted by Crippen LogP contribution is -2.68. The van der Waals surface area contributed by atoms with Crippen molar-refractivity contribution in [3.63, 3.8) is 0 Å². The highest BCUT2D eigenvalue weighted by Crippen LogP contribution is 2.31. The Kier molecular flexibility index (Phi) is 8.19. The van der Waals surface area contributed by atoms with Crippen LogP contribution in [0.25, 0.3) is 11.2 Å². The third kappa shape index (κ3) is 6.06. The molecule has 1 fully saturated rings. The maximum absolute atomic E-state index is 10.3. The predicted molar refractivity (Wildman–Crippen MR) is 102 cm³/mol. The molecule has 0 unspecified atom stereocenters. The van der Waals surface area contributed by atoms with Crippen molar-refractivity contribution < 1.29 is 58.5 Å². The fraction of sp³-hybridized carbons (Fsp3) is 0.421. The molecule has 15 heteroatoms. The van der Waals surface area contributed by atoms with E-state index in [0.29, 0.717) is 23.6 Å². The summed E-state index contributed by atoms with van der Waals surface area (Å²) in [5.74, 6) is 0.577. The van der Waals surface area contributed by atoms with Crippen LogP contribution in [0.15, 0.2) is 36.9 Å². The minimum absolute atomic E-state index is 0.351. The molecule has 4 atom stereocenters. The molecule has 1 aromatic carbocycles. The van der Waals surface area contributed by atoms with Crippen LogP contribution in [-0.4, -0.2) is 61.8 Å². The van der Waals surface area contributed by atoms with Gasteiger partial charge in [-0.2, -0.15) is 0 Å². The van der Waals surface area contributed by atoms with Gasteiger partial charge in [-0.25, -0.2) is 23.6 Å². The van der Waals surface area contributed by atoms with E-state index in [1.54, 1.807) is 7.05 Å². The highest BCUT2D eigenvalue weighted by molar-refractivity contribution is 5.80. The quantitative estimate of drug-likeness (QED) is 0.232. The lowest BCUT2D eigenvalue weighted by atomic mass is 10.1. The van der Waals surface area contributed by atoms with Crippen LogP contribution in [0, 0.1) is 17.2 Å². The van der Waals surface area contributed by atoms with Gasteiger partial charge in [-0.15, -0.1) is 10.2 Å². The van der Waals surface area contributed by atoms with E-state index in [0.717, 1.165) is 11.1 Å². The SMILES string of the molecule is CNc1c2ncn([C@@H]3O[C@H](CO)[C@@H](O)[C@H]3O)c2nc[n+]1OCc1cccc(C)c1.[O-][Cl+3]([O-])([O-])[O-]. The van der Waals surface area contributed by atoms with Gasteiger partial charge in [-0.05, 0) is 12.5 Å². The fourth-order valence-electron chi connectivity index (χ4n) is 3.49. The third-order valence-corrected chi connectivity index (χ3v) is 4.98. The van der Waals surface area contributed by atoms with Crippen molar-refractivity contribution in [1.29, 1.82) is 0 Å². The highest BCUT2D eigenvalue weighted by Gasteiger charge is 2.44. The van der Waals surface area contributed by atoms with Crippen molar-refractivity contribution in [1.82, 2.24) is 14.5 Å². The van der Waals surface area contributed by atoms with Crippen LogP contribution in [0.3, 0.4) is 0 Å². The summed E-state index contributed by atoms with van der Waals surface area (Å²) in [7, 11) is -3.20. The summed E-state index contributed by atoms with van der Waals surface area (Å²) in [6.07, 6.45) is -1.21. The Morgan fingerprint density at radius 1 is 1.21 bits per heavy atom. The number of nitrogens with zero attached hydrogens (tertiary/aromatic N) is 4. The molecular formula is C19H24ClN5O9. The first-order chi connectivity index (χ1) is 16.0. The van der Waals surface area contributed by atoms with E-state index in [2.05, 4.69) is 15.3 Å². The topological polar surface area (TPSA) is 218 Å². The molecule has 4 N–H and O–H groups in total. The first kappa shape index (κ1) is 26.0. The van der Waals surface area contributed by atoms with Crippen LogP contribution in [0.1, 0.15) is 17.4 Å². The summed E-state index contributed by atoms with van der Waals surface area (Å²) in [5, 5.41) is 32.7. The van der Waals surface area contributed by atoms with Gasteiger partial charge in [0.15, 0.2) is 12.8 Å². The van der Waals surface area contributed by atoms with Crippen LogP contribution >= 0.6 is 0 Å². The molecule has 0 radical (unpaired) electrons. The number of benzene rings is 1. The fourth-order valence-corrected chi connectivity index (χ4v) is 3.49. The molecule has 1 aliphatic heterocycles. The molecule has 1 saturated heterocycles. The standard InChI is InChI=1S/C19H23N5O5.ClHO4/c1-11-4-3-5-12(6-11)8-28-24-10-22-18-14(17(24)20-2)21-9-23(18)19-16(27)15(26)13(7-25)29-19;2-1(3,4)5/h3-6,9-10,13,15-16,19,25-27H,7-8H2,1-2H3;(H,2,3,4,5)/t13-,15-,16-,19-;/m1./s1. The van der Waals surface area contributed by atoms with Gasteiger partial charge in [0.1, 0.15) is 24.6 Å². The summed E-state index contributed by atoms with van der Waals surface area (Å²) in [6, 6.07) is 8.02. The molecule has 34 heavy (non-hydrogen) atoms. The van der Waals surface area contributed by atoms with Crippen LogP contribution in [0.4, 0.5) is 5.82 Å². The number of imidazole rings is 1.